The van der Waals surface area contributed by atoms with Crippen LogP contribution in [0.1, 0.15) is 187 Å². The molecule has 0 spiro atoms. The maximum atomic E-state index is 8.69. The highest BCUT2D eigenvalue weighted by Gasteiger charge is 2.92. The summed E-state index contributed by atoms with van der Waals surface area (Å²) in [4.78, 5) is 0. The molecule has 0 amide bonds. The van der Waals surface area contributed by atoms with E-state index in [4.69, 9.17) is 3.79 Å². The molecule has 2 heteroatoms. The molecule has 1 aliphatic rings. The lowest BCUT2D eigenvalue weighted by atomic mass is 9.21. The first-order valence-corrected chi connectivity index (χ1v) is 18.9. The van der Waals surface area contributed by atoms with E-state index in [0.29, 0.717) is 0 Å². The summed E-state index contributed by atoms with van der Waals surface area (Å²) in [5.41, 5.74) is -1.54. The first-order valence-electron chi connectivity index (χ1n) is 17.3. The van der Waals surface area contributed by atoms with Gasteiger partial charge in [-0.05, 0) is 53.0 Å². The second-order valence-corrected chi connectivity index (χ2v) is 27.4. The van der Waals surface area contributed by atoms with E-state index >= 15 is 0 Å². The molecule has 1 rings (SSSR count). The Morgan fingerprint density at radius 1 is 0.310 bits per heavy atom. The zero-order valence-corrected chi connectivity index (χ0v) is 35.6. The van der Waals surface area contributed by atoms with Crippen LogP contribution in [0.3, 0.4) is 0 Å². The van der Waals surface area contributed by atoms with Gasteiger partial charge in [-0.2, -0.15) is 0 Å². The Bertz CT molecular complexity index is 907. The van der Waals surface area contributed by atoms with Crippen LogP contribution in [-0.4, -0.2) is 20.1 Å². The Morgan fingerprint density at radius 2 is 0.548 bits per heavy atom. The van der Waals surface area contributed by atoms with E-state index in [1.165, 1.54) is 0 Å². The molecule has 0 radical (unpaired) electrons. The van der Waals surface area contributed by atoms with Crippen LogP contribution in [-0.2, 0) is 3.79 Å². The number of rotatable bonds is 0. The predicted molar refractivity (Wildman–Crippen MR) is 192 cm³/mol. The number of hydrogen-bond acceptors (Lipinski definition) is 1. The van der Waals surface area contributed by atoms with Gasteiger partial charge in [0.05, 0.1) is 5.60 Å². The van der Waals surface area contributed by atoms with Crippen LogP contribution >= 0.6 is 0 Å². The van der Waals surface area contributed by atoms with Gasteiger partial charge in [0.2, 0.25) is 0 Å². The van der Waals surface area contributed by atoms with Crippen molar-refractivity contribution in [2.24, 2.45) is 54.1 Å². The van der Waals surface area contributed by atoms with Gasteiger partial charge in [0, 0.05) is 5.41 Å². The quantitative estimate of drug-likeness (QED) is 0.250. The molecule has 0 aromatic heterocycles. The minimum atomic E-state index is -2.19. The molecule has 1 aliphatic heterocycles. The highest BCUT2D eigenvalue weighted by molar-refractivity contribution is 6.60. The molecule has 0 aliphatic carbocycles. The normalized spacial score (nSPS) is 22.8. The third-order valence-electron chi connectivity index (χ3n) is 12.1. The summed E-state index contributed by atoms with van der Waals surface area (Å²) >= 11 is -2.19. The molecule has 0 saturated carbocycles. The summed E-state index contributed by atoms with van der Waals surface area (Å²) in [6, 6.07) is 0. The molecule has 42 heavy (non-hydrogen) atoms. The number of hydrogen-bond donors (Lipinski definition) is 0. The fourth-order valence-corrected chi connectivity index (χ4v) is 20.4. The minimum Gasteiger partial charge on any atom is -0.494 e. The average Bonchev–Trinajstić information content (AvgIpc) is 2.56. The molecule has 0 aromatic carbocycles. The lowest BCUT2D eigenvalue weighted by Crippen LogP contribution is -2.91. The van der Waals surface area contributed by atoms with Gasteiger partial charge in [-0.1, -0.05) is 191 Å². The van der Waals surface area contributed by atoms with Gasteiger partial charge in [0.15, 0.2) is 0 Å². The van der Waals surface area contributed by atoms with E-state index in [1.807, 2.05) is 0 Å². The van der Waals surface area contributed by atoms with Crippen LogP contribution in [0.25, 0.3) is 0 Å². The zero-order chi connectivity index (χ0) is 34.8. The van der Waals surface area contributed by atoms with E-state index in [-0.39, 0.29) is 62.7 Å². The molecule has 0 N–H and O–H groups in total. The topological polar surface area (TPSA) is 9.23 Å². The molecule has 0 bridgehead atoms. The molecule has 0 atom stereocenters. The Balaban J connectivity index is 5.64. The van der Waals surface area contributed by atoms with E-state index in [2.05, 4.69) is 187 Å². The molecule has 250 valence electrons. The van der Waals surface area contributed by atoms with Crippen LogP contribution < -0.4 is 0 Å². The molecule has 1 saturated heterocycles. The van der Waals surface area contributed by atoms with Gasteiger partial charge < -0.3 is 3.79 Å². The van der Waals surface area contributed by atoms with E-state index < -0.39 is 20.1 Å². The van der Waals surface area contributed by atoms with Crippen molar-refractivity contribution < 1.29 is 3.79 Å². The van der Waals surface area contributed by atoms with Crippen molar-refractivity contribution in [1.29, 1.82) is 0 Å². The van der Waals surface area contributed by atoms with Gasteiger partial charge in [-0.3, -0.25) is 0 Å². The third kappa shape index (κ3) is 4.65. The van der Waals surface area contributed by atoms with Crippen molar-refractivity contribution in [3.63, 3.8) is 0 Å². The SMILES string of the molecule is C[C](C)(C)[Al]1[O]C(C(C)(C)C)(C(C)(C)C)C(C(C)(C)C)(C(C)(C)C)C(C(C)(C)C)(C(C)(C)C)[C]1(C(C)(C)C)C(C)(C)C. The van der Waals surface area contributed by atoms with Crippen molar-refractivity contribution in [2.75, 3.05) is 0 Å². The molecule has 1 fully saturated rings. The molecule has 1 heterocycles. The first kappa shape index (κ1) is 40.5. The monoisotopic (exact) mass is 605 g/mol. The second kappa shape index (κ2) is 10.00. The Labute approximate surface area is 272 Å². The van der Waals surface area contributed by atoms with Crippen molar-refractivity contribution in [2.45, 2.75) is 201 Å². The summed E-state index contributed by atoms with van der Waals surface area (Å²) in [6.45, 7) is 69.6. The Hall–Kier alpha value is 0.492. The molecule has 0 aromatic rings. The van der Waals surface area contributed by atoms with E-state index in [9.17, 15) is 0 Å². The average molecular weight is 605 g/mol. The standard InChI is InChI=1S/C36H72O.C4H9.Al/c1-26(2,3)25(27(4,5)6)34(28(7,8)9,29(10,11)12)35(30(13,14)15,31(16,17)18)36(37,32(19,20)21)33(22,23)24;1-4(2)3;/h1-24H3;1-3H3;/q-1;;+1. The summed E-state index contributed by atoms with van der Waals surface area (Å²) in [5, 5.41) is 0. The van der Waals surface area contributed by atoms with Crippen molar-refractivity contribution in [3.05, 3.63) is 0 Å². The largest absolute Gasteiger partial charge is 0.494 e. The van der Waals surface area contributed by atoms with Crippen LogP contribution in [0.4, 0.5) is 0 Å². The fourth-order valence-electron chi connectivity index (χ4n) is 14.3. The highest BCUT2D eigenvalue weighted by Crippen LogP contribution is 2.94. The smallest absolute Gasteiger partial charge is 0.475 e. The molecular weight excluding hydrogens is 523 g/mol. The Morgan fingerprint density at radius 3 is 0.690 bits per heavy atom. The highest BCUT2D eigenvalue weighted by atomic mass is 27.2. The lowest BCUT2D eigenvalue weighted by Gasteiger charge is -2.91. The van der Waals surface area contributed by atoms with E-state index in [1.54, 1.807) is 0 Å². The first-order chi connectivity index (χ1) is 17.6. The Kier molecular flexibility index (Phi) is 9.64. The van der Waals surface area contributed by atoms with Crippen LogP contribution in [0, 0.1) is 54.1 Å². The molecular formula is C40H81AlO. The van der Waals surface area contributed by atoms with E-state index in [0.717, 1.165) is 0 Å². The maximum absolute atomic E-state index is 8.69. The summed E-state index contributed by atoms with van der Waals surface area (Å²) in [6.07, 6.45) is 0. The van der Waals surface area contributed by atoms with Gasteiger partial charge in [-0.25, -0.2) is 0 Å². The van der Waals surface area contributed by atoms with Crippen LogP contribution in [0.5, 0.6) is 0 Å². The second-order valence-electron chi connectivity index (χ2n) is 23.9. The van der Waals surface area contributed by atoms with Gasteiger partial charge in [0.1, 0.15) is 0 Å². The predicted octanol–water partition coefficient (Wildman–Crippen LogP) is 13.6. The van der Waals surface area contributed by atoms with Crippen LogP contribution in [0.2, 0.25) is 8.55 Å². The molecule has 0 unspecified atom stereocenters. The summed E-state index contributed by atoms with van der Waals surface area (Å²) < 4.78 is 8.61. The van der Waals surface area contributed by atoms with Crippen molar-refractivity contribution >= 4 is 14.5 Å². The summed E-state index contributed by atoms with van der Waals surface area (Å²) in [5.74, 6) is 0. The minimum absolute atomic E-state index is 0.0281. The summed E-state index contributed by atoms with van der Waals surface area (Å²) in [7, 11) is 0. The van der Waals surface area contributed by atoms with Crippen molar-refractivity contribution in [3.8, 4) is 0 Å². The molecule has 1 nitrogen and oxygen atoms in total. The fraction of sp³-hybridized carbons (Fsp3) is 1.00. The van der Waals surface area contributed by atoms with Crippen molar-refractivity contribution in [1.82, 2.24) is 0 Å². The zero-order valence-electron chi connectivity index (χ0n) is 34.5. The maximum Gasteiger partial charge on any atom is 0.475 e. The van der Waals surface area contributed by atoms with Gasteiger partial charge in [0.25, 0.3) is 0 Å². The van der Waals surface area contributed by atoms with Gasteiger partial charge in [-0.15, -0.1) is 0 Å². The lowest BCUT2D eigenvalue weighted by molar-refractivity contribution is -0.408. The van der Waals surface area contributed by atoms with Gasteiger partial charge >= 0.3 is 14.5 Å². The third-order valence-corrected chi connectivity index (χ3v) is 17.2. The van der Waals surface area contributed by atoms with Crippen LogP contribution in [0.15, 0.2) is 0 Å².